The molecule has 2 N–H and O–H groups in total. The first-order valence-electron chi connectivity index (χ1n) is 0.565. The molecule has 0 aromatic carbocycles. The average molecular weight is 121 g/mol. The van der Waals surface area contributed by atoms with Crippen molar-refractivity contribution in [3.05, 3.63) is 0 Å². The second kappa shape index (κ2) is 9.22. The molecule has 32 valence electrons. The van der Waals surface area contributed by atoms with Crippen molar-refractivity contribution in [2.75, 3.05) is 0 Å². The molecular formula is H2MgO4P+. The van der Waals surface area contributed by atoms with Gasteiger partial charge in [-0.2, -0.15) is 4.89 Å². The van der Waals surface area contributed by atoms with E-state index in [9.17, 15) is 0 Å². The van der Waals surface area contributed by atoms with Crippen LogP contribution < -0.4 is 4.89 Å². The van der Waals surface area contributed by atoms with E-state index < -0.39 is 8.25 Å². The molecule has 6 heteroatoms. The van der Waals surface area contributed by atoms with Crippen LogP contribution in [0.4, 0.5) is 0 Å². The molecule has 0 bridgehead atoms. The monoisotopic (exact) mass is 121 g/mol. The van der Waals surface area contributed by atoms with E-state index in [1.54, 1.807) is 0 Å². The molecule has 0 amide bonds. The van der Waals surface area contributed by atoms with Crippen molar-refractivity contribution in [2.24, 2.45) is 0 Å². The topological polar surface area (TPSA) is 90.4 Å². The van der Waals surface area contributed by atoms with Crippen LogP contribution in [0.5, 0.6) is 0 Å². The van der Waals surface area contributed by atoms with Crippen molar-refractivity contribution < 1.29 is 19.8 Å². The average Bonchev–Trinajstić information content (AvgIpc) is 0.811. The zero-order valence-corrected chi connectivity index (χ0v) is 5.17. The Balaban J connectivity index is -0.0000000450. The molecule has 1 atom stereocenters. The fourth-order valence-electron chi connectivity index (χ4n) is 0. The van der Waals surface area contributed by atoms with Gasteiger partial charge in [0.25, 0.3) is 0 Å². The van der Waals surface area contributed by atoms with Crippen LogP contribution in [0.3, 0.4) is 0 Å². The molecule has 0 spiro atoms. The zero-order valence-electron chi connectivity index (χ0n) is 2.87. The van der Waals surface area contributed by atoms with Crippen LogP contribution in [0, 0.1) is 0 Å². The summed E-state index contributed by atoms with van der Waals surface area (Å²) in [6.07, 6.45) is 0. The first-order valence-corrected chi connectivity index (χ1v) is 1.70. The quantitative estimate of drug-likeness (QED) is 0.310. The third-order valence-corrected chi connectivity index (χ3v) is 0. The van der Waals surface area contributed by atoms with Crippen LogP contribution in [0.2, 0.25) is 0 Å². The van der Waals surface area contributed by atoms with E-state index in [1.165, 1.54) is 0 Å². The van der Waals surface area contributed by atoms with Crippen molar-refractivity contribution in [3.8, 4) is 0 Å². The maximum Gasteiger partial charge on any atom is 2.00 e. The first-order chi connectivity index (χ1) is 1.73. The Morgan fingerprint density at radius 2 is 1.67 bits per heavy atom. The van der Waals surface area contributed by atoms with Crippen LogP contribution in [0.1, 0.15) is 0 Å². The molecule has 6 heavy (non-hydrogen) atoms. The molecule has 0 saturated carbocycles. The largest absolute Gasteiger partial charge is 2.00 e. The summed E-state index contributed by atoms with van der Waals surface area (Å²) >= 11 is 0. The van der Waals surface area contributed by atoms with Crippen molar-refractivity contribution in [2.45, 2.75) is 0 Å². The molecule has 0 saturated heterocycles. The molecule has 0 aromatic rings. The Kier molecular flexibility index (Phi) is 24.4. The third-order valence-electron chi connectivity index (χ3n) is 0. The molecule has 0 aliphatic heterocycles. The smallest absolute Gasteiger partial charge is 0.870 e. The Morgan fingerprint density at radius 3 is 1.67 bits per heavy atom. The minimum Gasteiger partial charge on any atom is -0.870 e. The molecule has 0 fully saturated rings. The Bertz CT molecular complexity index is 30.5. The van der Waals surface area contributed by atoms with Crippen LogP contribution in [0.15, 0.2) is 0 Å². The molecule has 4 nitrogen and oxygen atoms in total. The van der Waals surface area contributed by atoms with Crippen molar-refractivity contribution >= 4 is 31.3 Å². The van der Waals surface area contributed by atoms with Gasteiger partial charge < -0.3 is 10.4 Å². The number of hydrogen-bond acceptors (Lipinski definition) is 3. The Labute approximate surface area is 51.6 Å². The summed E-state index contributed by atoms with van der Waals surface area (Å²) in [6.45, 7) is 0. The van der Waals surface area contributed by atoms with E-state index in [1.807, 2.05) is 0 Å². The van der Waals surface area contributed by atoms with Crippen molar-refractivity contribution in [1.82, 2.24) is 0 Å². The summed E-state index contributed by atoms with van der Waals surface area (Å²) in [4.78, 5) is 15.6. The summed E-state index contributed by atoms with van der Waals surface area (Å²) in [7, 11) is -3.12. The molecular weight excluding hydrogens is 119 g/mol. The minimum atomic E-state index is -3.12. The van der Waals surface area contributed by atoms with Gasteiger partial charge >= 0.3 is 31.3 Å². The SMILES string of the molecule is O=[P+]([O-])O.[Mg+2].[OH-]. The maximum absolute atomic E-state index is 8.59. The van der Waals surface area contributed by atoms with Crippen molar-refractivity contribution in [3.63, 3.8) is 0 Å². The maximum atomic E-state index is 8.59. The van der Waals surface area contributed by atoms with E-state index in [2.05, 4.69) is 0 Å². The van der Waals surface area contributed by atoms with Crippen LogP contribution >= 0.6 is 8.25 Å². The summed E-state index contributed by atoms with van der Waals surface area (Å²) in [6, 6.07) is 0. The summed E-state index contributed by atoms with van der Waals surface area (Å²) in [5, 5.41) is 0. The molecule has 1 unspecified atom stereocenters. The van der Waals surface area contributed by atoms with E-state index in [0.29, 0.717) is 0 Å². The fraction of sp³-hybridized carbons (Fsp3) is 0. The van der Waals surface area contributed by atoms with Crippen LogP contribution in [-0.2, 0) is 4.57 Å². The second-order valence-electron chi connectivity index (χ2n) is 0.238. The van der Waals surface area contributed by atoms with Gasteiger partial charge in [0.1, 0.15) is 0 Å². The second-order valence-corrected chi connectivity index (χ2v) is 0.714. The summed E-state index contributed by atoms with van der Waals surface area (Å²) in [5.41, 5.74) is 0. The predicted octanol–water partition coefficient (Wildman–Crippen LogP) is -1.56. The van der Waals surface area contributed by atoms with Gasteiger partial charge in [0, 0.05) is 0 Å². The minimum absolute atomic E-state index is 0. The molecule has 0 aromatic heterocycles. The molecule has 0 aliphatic carbocycles. The van der Waals surface area contributed by atoms with Gasteiger partial charge in [0.2, 0.25) is 0 Å². The van der Waals surface area contributed by atoms with E-state index in [0.717, 1.165) is 0 Å². The zero-order chi connectivity index (χ0) is 3.58. The van der Waals surface area contributed by atoms with Gasteiger partial charge in [0.15, 0.2) is 0 Å². The normalized spacial score (nSPS) is 7.33. The van der Waals surface area contributed by atoms with Gasteiger partial charge in [-0.1, -0.05) is 0 Å². The summed E-state index contributed by atoms with van der Waals surface area (Å²) in [5.74, 6) is 0. The van der Waals surface area contributed by atoms with Gasteiger partial charge in [-0.15, -0.1) is 0 Å². The molecule has 0 radical (unpaired) electrons. The predicted molar refractivity (Wildman–Crippen MR) is 17.5 cm³/mol. The molecule has 0 heterocycles. The van der Waals surface area contributed by atoms with Gasteiger partial charge in [-0.3, -0.25) is 0 Å². The van der Waals surface area contributed by atoms with Gasteiger partial charge in [-0.25, -0.2) is 0 Å². The number of hydrogen-bond donors (Lipinski definition) is 1. The standard InChI is InChI=1S/Mg.HO3P.H2O/c;1-4(2)3;/h;(H,1,2,3);1H2/q+2;;/p-1. The Morgan fingerprint density at radius 1 is 1.67 bits per heavy atom. The van der Waals surface area contributed by atoms with Crippen molar-refractivity contribution in [1.29, 1.82) is 0 Å². The van der Waals surface area contributed by atoms with Gasteiger partial charge in [-0.05, 0) is 4.57 Å². The van der Waals surface area contributed by atoms with E-state index in [-0.39, 0.29) is 28.5 Å². The van der Waals surface area contributed by atoms with Gasteiger partial charge in [0.05, 0.1) is 0 Å². The first kappa shape index (κ1) is 15.9. The fourth-order valence-corrected chi connectivity index (χ4v) is 0. The molecule has 0 rings (SSSR count). The van der Waals surface area contributed by atoms with E-state index >= 15 is 0 Å². The van der Waals surface area contributed by atoms with Crippen LogP contribution in [-0.4, -0.2) is 33.4 Å². The van der Waals surface area contributed by atoms with Crippen LogP contribution in [0.25, 0.3) is 0 Å². The Hall–Kier alpha value is 0.746. The molecule has 0 aliphatic rings. The third kappa shape index (κ3) is 120. The summed E-state index contributed by atoms with van der Waals surface area (Å²) < 4.78 is 8.59. The van der Waals surface area contributed by atoms with E-state index in [4.69, 9.17) is 14.4 Å². The number of rotatable bonds is 0.